The number of nitrogens with zero attached hydrogens (tertiary/aromatic N) is 4. The Labute approximate surface area is 73.2 Å². The molecule has 0 radical (unpaired) electrons. The summed E-state index contributed by atoms with van der Waals surface area (Å²) in [4.78, 5) is 16.9. The van der Waals surface area contributed by atoms with Gasteiger partial charge in [0.2, 0.25) is 0 Å². The van der Waals surface area contributed by atoms with Crippen molar-refractivity contribution in [3.8, 4) is 0 Å². The van der Waals surface area contributed by atoms with E-state index >= 15 is 0 Å². The van der Waals surface area contributed by atoms with E-state index in [9.17, 15) is 10.1 Å². The quantitative estimate of drug-likeness (QED) is 0.206. The van der Waals surface area contributed by atoms with E-state index in [0.717, 1.165) is 0 Å². The molecule has 1 saturated heterocycles. The molecule has 0 spiro atoms. The van der Waals surface area contributed by atoms with Crippen LogP contribution in [0.25, 0.3) is 10.4 Å². The molecule has 0 aromatic rings. The lowest BCUT2D eigenvalue weighted by Crippen LogP contribution is -2.42. The average Bonchev–Trinajstić information content (AvgIpc) is 1.95. The third kappa shape index (κ3) is 2.77. The Morgan fingerprint density at radius 1 is 1.85 bits per heavy atom. The van der Waals surface area contributed by atoms with Gasteiger partial charge in [-0.3, -0.25) is 0 Å². The van der Waals surface area contributed by atoms with Crippen LogP contribution >= 0.6 is 0 Å². The van der Waals surface area contributed by atoms with Crippen LogP contribution in [0, 0.1) is 16.0 Å². The van der Waals surface area contributed by atoms with Crippen molar-refractivity contribution in [2.45, 2.75) is 6.10 Å². The van der Waals surface area contributed by atoms with Gasteiger partial charge in [0, 0.05) is 10.8 Å². The van der Waals surface area contributed by atoms with Crippen LogP contribution in [0.3, 0.4) is 0 Å². The predicted octanol–water partition coefficient (Wildman–Crippen LogP) is 0.520. The van der Waals surface area contributed by atoms with Gasteiger partial charge in [-0.05, 0) is 5.53 Å². The Hall–Kier alpha value is -1.53. The monoisotopic (exact) mass is 188 g/mol. The zero-order valence-electron chi connectivity index (χ0n) is 6.70. The molecule has 1 rings (SSSR count). The molecule has 0 saturated carbocycles. The van der Waals surface area contributed by atoms with Gasteiger partial charge in [-0.1, -0.05) is 5.11 Å². The first-order valence-corrected chi connectivity index (χ1v) is 3.64. The van der Waals surface area contributed by atoms with E-state index < -0.39 is 11.2 Å². The maximum absolute atomic E-state index is 10.0. The second kappa shape index (κ2) is 4.48. The fraction of sp³-hybridized carbons (Fsp3) is 1.00. The van der Waals surface area contributed by atoms with Crippen LogP contribution in [0.2, 0.25) is 0 Å². The number of rotatable bonds is 5. The van der Waals surface area contributed by atoms with Gasteiger partial charge in [-0.15, -0.1) is 10.1 Å². The lowest BCUT2D eigenvalue weighted by atomic mass is 10.0. The van der Waals surface area contributed by atoms with E-state index in [4.69, 9.17) is 10.3 Å². The third-order valence-electron chi connectivity index (χ3n) is 1.74. The molecule has 72 valence electrons. The van der Waals surface area contributed by atoms with Gasteiger partial charge in [0.1, 0.15) is 6.10 Å². The normalized spacial score (nSPS) is 18.2. The summed E-state index contributed by atoms with van der Waals surface area (Å²) < 4.78 is 4.84. The maximum atomic E-state index is 10.0. The van der Waals surface area contributed by atoms with Crippen LogP contribution in [0.1, 0.15) is 0 Å². The molecule has 1 atom stereocenters. The van der Waals surface area contributed by atoms with Crippen molar-refractivity contribution in [2.24, 2.45) is 11.0 Å². The van der Waals surface area contributed by atoms with Gasteiger partial charge in [0.15, 0.2) is 0 Å². The lowest BCUT2D eigenvalue weighted by Gasteiger charge is -2.31. The second-order valence-electron chi connectivity index (χ2n) is 2.58. The van der Waals surface area contributed by atoms with E-state index in [1.54, 1.807) is 0 Å². The molecule has 0 amide bonds. The van der Waals surface area contributed by atoms with Crippen molar-refractivity contribution in [3.05, 3.63) is 20.6 Å². The second-order valence-corrected chi connectivity index (χ2v) is 2.58. The highest BCUT2D eigenvalue weighted by atomic mass is 17.0. The molecule has 1 fully saturated rings. The van der Waals surface area contributed by atoms with E-state index in [-0.39, 0.29) is 12.5 Å². The summed E-state index contributed by atoms with van der Waals surface area (Å²) in [6.07, 6.45) is -0.681. The van der Waals surface area contributed by atoms with Crippen LogP contribution in [0.5, 0.6) is 0 Å². The number of azide groups is 1. The van der Waals surface area contributed by atoms with Crippen LogP contribution in [-0.4, -0.2) is 30.9 Å². The highest BCUT2D eigenvalue weighted by Crippen LogP contribution is 2.18. The molecule has 0 aliphatic carbocycles. The van der Waals surface area contributed by atoms with Crippen LogP contribution in [0.4, 0.5) is 0 Å². The maximum Gasteiger partial charge on any atom is 0.294 e. The Morgan fingerprint density at radius 3 is 2.92 bits per heavy atom. The average molecular weight is 188 g/mol. The highest BCUT2D eigenvalue weighted by Gasteiger charge is 2.30. The Kier molecular flexibility index (Phi) is 3.30. The smallest absolute Gasteiger partial charge is 0.294 e. The van der Waals surface area contributed by atoms with Crippen molar-refractivity contribution >= 4 is 0 Å². The van der Waals surface area contributed by atoms with E-state index in [0.29, 0.717) is 13.2 Å². The van der Waals surface area contributed by atoms with Crippen LogP contribution in [0.15, 0.2) is 5.11 Å². The van der Waals surface area contributed by atoms with Crippen molar-refractivity contribution in [1.82, 2.24) is 0 Å². The largest absolute Gasteiger partial charge is 0.381 e. The number of hydrogen-bond acceptors (Lipinski definition) is 5. The molecule has 0 aromatic carbocycles. The van der Waals surface area contributed by atoms with Crippen molar-refractivity contribution in [3.63, 3.8) is 0 Å². The highest BCUT2D eigenvalue weighted by molar-refractivity contribution is 4.76. The molecular formula is C5H8N4O4. The molecule has 1 unspecified atom stereocenters. The van der Waals surface area contributed by atoms with Crippen LogP contribution in [-0.2, 0) is 9.57 Å². The first kappa shape index (κ1) is 9.56. The minimum absolute atomic E-state index is 0.0362. The fourth-order valence-corrected chi connectivity index (χ4v) is 0.965. The van der Waals surface area contributed by atoms with Gasteiger partial charge in [0.05, 0.1) is 19.8 Å². The van der Waals surface area contributed by atoms with Gasteiger partial charge >= 0.3 is 0 Å². The topological polar surface area (TPSA) is 110 Å². The summed E-state index contributed by atoms with van der Waals surface area (Å²) in [5.41, 5.74) is 8.02. The Balaban J connectivity index is 2.41. The number of hydrogen-bond donors (Lipinski definition) is 0. The molecule has 13 heavy (non-hydrogen) atoms. The fourth-order valence-electron chi connectivity index (χ4n) is 0.965. The van der Waals surface area contributed by atoms with Crippen molar-refractivity contribution in [2.75, 3.05) is 19.8 Å². The minimum atomic E-state index is -0.879. The number of ether oxygens (including phenoxy) is 1. The standard InChI is InChI=1S/C5H8N4O4/c6-8-7-1-5(13-9(10)11)4-2-12-3-4/h4-5H,1-3H2. The summed E-state index contributed by atoms with van der Waals surface area (Å²) in [7, 11) is 0. The summed E-state index contributed by atoms with van der Waals surface area (Å²) >= 11 is 0. The summed E-state index contributed by atoms with van der Waals surface area (Å²) in [6.45, 7) is 0.796. The SMILES string of the molecule is [N-]=[N+]=NCC(O[N+](=O)[O-])C1COC1. The molecule has 1 aliphatic heterocycles. The molecule has 0 N–H and O–H groups in total. The van der Waals surface area contributed by atoms with E-state index in [2.05, 4.69) is 14.9 Å². The van der Waals surface area contributed by atoms with Gasteiger partial charge < -0.3 is 9.57 Å². The molecular weight excluding hydrogens is 180 g/mol. The Morgan fingerprint density at radius 2 is 2.54 bits per heavy atom. The van der Waals surface area contributed by atoms with Crippen molar-refractivity contribution < 1.29 is 14.7 Å². The van der Waals surface area contributed by atoms with Gasteiger partial charge in [-0.2, -0.15) is 0 Å². The first-order valence-electron chi connectivity index (χ1n) is 3.64. The van der Waals surface area contributed by atoms with Gasteiger partial charge in [-0.25, -0.2) is 0 Å². The Bertz CT molecular complexity index is 231. The lowest BCUT2D eigenvalue weighted by molar-refractivity contribution is -0.770. The summed E-state index contributed by atoms with van der Waals surface area (Å²) in [5.74, 6) is -0.0455. The molecule has 0 aromatic heterocycles. The zero-order valence-corrected chi connectivity index (χ0v) is 6.70. The molecule has 0 bridgehead atoms. The van der Waals surface area contributed by atoms with Gasteiger partial charge in [0.25, 0.3) is 5.09 Å². The predicted molar refractivity (Wildman–Crippen MR) is 40.2 cm³/mol. The third-order valence-corrected chi connectivity index (χ3v) is 1.74. The van der Waals surface area contributed by atoms with Crippen LogP contribution < -0.4 is 0 Å². The molecule has 8 nitrogen and oxygen atoms in total. The zero-order chi connectivity index (χ0) is 9.68. The summed E-state index contributed by atoms with van der Waals surface area (Å²) in [5, 5.41) is 12.4. The summed E-state index contributed by atoms with van der Waals surface area (Å²) in [6, 6.07) is 0. The minimum Gasteiger partial charge on any atom is -0.381 e. The molecule has 1 aliphatic rings. The molecule has 1 heterocycles. The first-order chi connectivity index (χ1) is 6.24. The van der Waals surface area contributed by atoms with E-state index in [1.165, 1.54) is 0 Å². The molecule has 8 heteroatoms. The van der Waals surface area contributed by atoms with Crippen molar-refractivity contribution in [1.29, 1.82) is 0 Å². The van der Waals surface area contributed by atoms with E-state index in [1.807, 2.05) is 0 Å².